The molecule has 0 bridgehead atoms. The second-order valence-corrected chi connectivity index (χ2v) is 5.43. The lowest BCUT2D eigenvalue weighted by atomic mass is 10.2. The van der Waals surface area contributed by atoms with Gasteiger partial charge in [0, 0.05) is 18.3 Å². The summed E-state index contributed by atoms with van der Waals surface area (Å²) in [6.07, 6.45) is 3.52. The van der Waals surface area contributed by atoms with Gasteiger partial charge in [-0.1, -0.05) is 42.1 Å². The van der Waals surface area contributed by atoms with Gasteiger partial charge in [0.2, 0.25) is 0 Å². The number of nitrogens with zero attached hydrogens (tertiary/aromatic N) is 2. The van der Waals surface area contributed by atoms with Crippen LogP contribution in [0.4, 0.5) is 0 Å². The molecule has 0 saturated carbocycles. The molecule has 1 heterocycles. The maximum atomic E-state index is 12.0. The summed E-state index contributed by atoms with van der Waals surface area (Å²) in [5.74, 6) is -0.412. The molecule has 0 aliphatic carbocycles. The Hall–Kier alpha value is -2.08. The first-order chi connectivity index (χ1) is 10.6. The summed E-state index contributed by atoms with van der Waals surface area (Å²) in [6, 6.07) is 9.89. The van der Waals surface area contributed by atoms with Gasteiger partial charge < -0.3 is 9.30 Å². The van der Waals surface area contributed by atoms with Gasteiger partial charge >= 0.3 is 5.97 Å². The van der Waals surface area contributed by atoms with E-state index in [1.165, 1.54) is 11.8 Å². The van der Waals surface area contributed by atoms with Crippen LogP contribution in [0, 0.1) is 0 Å². The van der Waals surface area contributed by atoms with Gasteiger partial charge in [0.05, 0.1) is 13.0 Å². The van der Waals surface area contributed by atoms with Gasteiger partial charge in [-0.2, -0.15) is 4.98 Å². The number of carbonyl (C=O) groups excluding carboxylic acids is 1. The van der Waals surface area contributed by atoms with Crippen LogP contribution in [0.1, 0.15) is 18.1 Å². The van der Waals surface area contributed by atoms with Crippen LogP contribution in [0.2, 0.25) is 0 Å². The van der Waals surface area contributed by atoms with E-state index in [2.05, 4.69) is 4.98 Å². The molecule has 0 N–H and O–H groups in total. The number of aromatic nitrogens is 2. The molecule has 0 unspecified atom stereocenters. The Morgan fingerprint density at radius 1 is 1.32 bits per heavy atom. The van der Waals surface area contributed by atoms with Crippen molar-refractivity contribution in [3.05, 3.63) is 58.0 Å². The van der Waals surface area contributed by atoms with Gasteiger partial charge in [0.15, 0.2) is 5.16 Å². The molecule has 2 rings (SSSR count). The zero-order chi connectivity index (χ0) is 15.9. The number of esters is 1. The van der Waals surface area contributed by atoms with Crippen molar-refractivity contribution < 1.29 is 9.53 Å². The number of benzene rings is 1. The standard InChI is InChI=1S/C16H18N2O3S/c1-3-21-14(19)9-13-11-18(16(22-2)17-15(13)20)10-12-7-5-4-6-8-12/h4-8,11H,3,9-10H2,1-2H3. The highest BCUT2D eigenvalue weighted by Gasteiger charge is 2.12. The highest BCUT2D eigenvalue weighted by molar-refractivity contribution is 7.98. The Labute approximate surface area is 133 Å². The van der Waals surface area contributed by atoms with Crippen molar-refractivity contribution in [2.45, 2.75) is 25.0 Å². The molecular weight excluding hydrogens is 300 g/mol. The average Bonchev–Trinajstić information content (AvgIpc) is 2.51. The summed E-state index contributed by atoms with van der Waals surface area (Å²) < 4.78 is 6.78. The Bertz CT molecular complexity index is 698. The summed E-state index contributed by atoms with van der Waals surface area (Å²) in [6.45, 7) is 2.63. The molecule has 0 radical (unpaired) electrons. The summed E-state index contributed by atoms with van der Waals surface area (Å²) in [5.41, 5.74) is 1.08. The first-order valence-corrected chi connectivity index (χ1v) is 8.20. The van der Waals surface area contributed by atoms with E-state index in [9.17, 15) is 9.59 Å². The van der Waals surface area contributed by atoms with Crippen molar-refractivity contribution >= 4 is 17.7 Å². The molecule has 1 aromatic carbocycles. The smallest absolute Gasteiger partial charge is 0.310 e. The van der Waals surface area contributed by atoms with Gasteiger partial charge in [-0.3, -0.25) is 9.59 Å². The highest BCUT2D eigenvalue weighted by Crippen LogP contribution is 2.13. The first-order valence-electron chi connectivity index (χ1n) is 6.98. The molecule has 22 heavy (non-hydrogen) atoms. The van der Waals surface area contributed by atoms with Crippen LogP contribution in [-0.2, 0) is 22.5 Å². The van der Waals surface area contributed by atoms with Gasteiger partial charge in [-0.05, 0) is 18.7 Å². The third kappa shape index (κ3) is 4.21. The molecule has 6 heteroatoms. The summed E-state index contributed by atoms with van der Waals surface area (Å²) in [7, 11) is 0. The van der Waals surface area contributed by atoms with Crippen molar-refractivity contribution in [3.63, 3.8) is 0 Å². The molecule has 0 spiro atoms. The van der Waals surface area contributed by atoms with Gasteiger partial charge in [-0.25, -0.2) is 0 Å². The number of hydrogen-bond acceptors (Lipinski definition) is 5. The fraction of sp³-hybridized carbons (Fsp3) is 0.312. The molecule has 0 aliphatic rings. The quantitative estimate of drug-likeness (QED) is 0.464. The SMILES string of the molecule is CCOC(=O)Cc1cn(Cc2ccccc2)c(SC)nc1=O. The predicted octanol–water partition coefficient (Wildman–Crippen LogP) is 2.12. The van der Waals surface area contributed by atoms with Gasteiger partial charge in [0.1, 0.15) is 0 Å². The van der Waals surface area contributed by atoms with Crippen LogP contribution >= 0.6 is 11.8 Å². The molecule has 0 fully saturated rings. The van der Waals surface area contributed by atoms with Crippen molar-refractivity contribution in [1.82, 2.24) is 9.55 Å². The van der Waals surface area contributed by atoms with Gasteiger partial charge in [0.25, 0.3) is 5.56 Å². The minimum Gasteiger partial charge on any atom is -0.466 e. The van der Waals surface area contributed by atoms with E-state index in [1.807, 2.05) is 41.2 Å². The van der Waals surface area contributed by atoms with Crippen molar-refractivity contribution in [3.8, 4) is 0 Å². The predicted molar refractivity (Wildman–Crippen MR) is 86.2 cm³/mol. The van der Waals surface area contributed by atoms with Crippen LogP contribution in [-0.4, -0.2) is 28.4 Å². The summed E-state index contributed by atoms with van der Waals surface area (Å²) >= 11 is 1.40. The van der Waals surface area contributed by atoms with Crippen molar-refractivity contribution in [2.75, 3.05) is 12.9 Å². The fourth-order valence-corrected chi connectivity index (χ4v) is 2.59. The Morgan fingerprint density at radius 2 is 2.05 bits per heavy atom. The third-order valence-electron chi connectivity index (χ3n) is 3.05. The number of carbonyl (C=O) groups is 1. The van der Waals surface area contributed by atoms with E-state index in [-0.39, 0.29) is 12.0 Å². The molecule has 2 aromatic rings. The zero-order valence-corrected chi connectivity index (χ0v) is 13.4. The van der Waals surface area contributed by atoms with Crippen LogP contribution in [0.5, 0.6) is 0 Å². The number of ether oxygens (including phenoxy) is 1. The molecule has 0 amide bonds. The molecule has 0 aliphatic heterocycles. The van der Waals surface area contributed by atoms with E-state index in [1.54, 1.807) is 13.1 Å². The molecule has 0 saturated heterocycles. The topological polar surface area (TPSA) is 61.2 Å². The van der Waals surface area contributed by atoms with Gasteiger partial charge in [-0.15, -0.1) is 0 Å². The maximum absolute atomic E-state index is 12.0. The second kappa shape index (κ2) is 7.79. The number of thioether (sulfide) groups is 1. The zero-order valence-electron chi connectivity index (χ0n) is 12.6. The molecule has 0 atom stereocenters. The largest absolute Gasteiger partial charge is 0.466 e. The second-order valence-electron chi connectivity index (χ2n) is 4.65. The van der Waals surface area contributed by atoms with E-state index in [4.69, 9.17) is 4.74 Å². The lowest BCUT2D eigenvalue weighted by Gasteiger charge is -2.12. The van der Waals surface area contributed by atoms with E-state index < -0.39 is 5.97 Å². The average molecular weight is 318 g/mol. The van der Waals surface area contributed by atoms with Crippen LogP contribution in [0.3, 0.4) is 0 Å². The molecular formula is C16H18N2O3S. The molecule has 116 valence electrons. The Morgan fingerprint density at radius 3 is 2.68 bits per heavy atom. The van der Waals surface area contributed by atoms with Crippen molar-refractivity contribution in [1.29, 1.82) is 0 Å². The molecule has 1 aromatic heterocycles. The fourth-order valence-electron chi connectivity index (χ4n) is 2.07. The van der Waals surface area contributed by atoms with Crippen LogP contribution in [0.25, 0.3) is 0 Å². The minimum absolute atomic E-state index is 0.0525. The monoisotopic (exact) mass is 318 g/mol. The lowest BCUT2D eigenvalue weighted by molar-refractivity contribution is -0.142. The number of rotatable bonds is 6. The van der Waals surface area contributed by atoms with Crippen LogP contribution < -0.4 is 5.56 Å². The minimum atomic E-state index is -0.412. The maximum Gasteiger partial charge on any atom is 0.310 e. The van der Waals surface area contributed by atoms with E-state index in [0.29, 0.717) is 23.9 Å². The normalized spacial score (nSPS) is 10.5. The Balaban J connectivity index is 2.31. The number of hydrogen-bond donors (Lipinski definition) is 0. The van der Waals surface area contributed by atoms with Crippen LogP contribution in [0.15, 0.2) is 46.5 Å². The van der Waals surface area contributed by atoms with Crippen molar-refractivity contribution in [2.24, 2.45) is 0 Å². The Kier molecular flexibility index (Phi) is 5.77. The first kappa shape index (κ1) is 16.3. The summed E-state index contributed by atoms with van der Waals surface area (Å²) in [4.78, 5) is 27.6. The third-order valence-corrected chi connectivity index (χ3v) is 3.74. The summed E-state index contributed by atoms with van der Waals surface area (Å²) in [5, 5.41) is 0.626. The molecule has 5 nitrogen and oxygen atoms in total. The lowest BCUT2D eigenvalue weighted by Crippen LogP contribution is -2.22. The highest BCUT2D eigenvalue weighted by atomic mass is 32.2. The van der Waals surface area contributed by atoms with E-state index >= 15 is 0 Å². The van der Waals surface area contributed by atoms with E-state index in [0.717, 1.165) is 5.56 Å².